The molecule has 4 rings (SSSR count). The zero-order valence-corrected chi connectivity index (χ0v) is 18.8. The summed E-state index contributed by atoms with van der Waals surface area (Å²) in [5, 5.41) is 0. The summed E-state index contributed by atoms with van der Waals surface area (Å²) >= 11 is 3.51. The van der Waals surface area contributed by atoms with Gasteiger partial charge in [0.1, 0.15) is 5.82 Å². The quantitative estimate of drug-likeness (QED) is 0.434. The molecule has 2 aromatic carbocycles. The van der Waals surface area contributed by atoms with Crippen molar-refractivity contribution >= 4 is 27.0 Å². The van der Waals surface area contributed by atoms with Crippen LogP contribution in [0.3, 0.4) is 0 Å². The molecular formula is C24H30BrN3O. The lowest BCUT2D eigenvalue weighted by molar-refractivity contribution is 0.138. The summed E-state index contributed by atoms with van der Waals surface area (Å²) in [5.74, 6) is 1.78. The number of nitrogens with zero attached hydrogens (tertiary/aromatic N) is 3. The van der Waals surface area contributed by atoms with Gasteiger partial charge < -0.3 is 14.2 Å². The summed E-state index contributed by atoms with van der Waals surface area (Å²) in [5.41, 5.74) is 3.75. The Morgan fingerprint density at radius 3 is 2.55 bits per heavy atom. The van der Waals surface area contributed by atoms with Gasteiger partial charge in [0.25, 0.3) is 0 Å². The van der Waals surface area contributed by atoms with Gasteiger partial charge >= 0.3 is 0 Å². The SMILES string of the molecule is CCOCCn1c(C2CCN(CCc3ccc(Br)cc3)CC2)nc2ccccc21. The second-order valence-corrected chi connectivity index (χ2v) is 8.72. The van der Waals surface area contributed by atoms with E-state index in [2.05, 4.69) is 80.9 Å². The molecule has 2 heterocycles. The standard InChI is InChI=1S/C24H30BrN3O/c1-2-29-18-17-28-23-6-4-3-5-22(23)26-24(28)20-12-15-27(16-13-20)14-11-19-7-9-21(25)10-8-19/h3-10,20H,2,11-18H2,1H3. The second-order valence-electron chi connectivity index (χ2n) is 7.80. The molecular weight excluding hydrogens is 426 g/mol. The average molecular weight is 456 g/mol. The molecule has 4 nitrogen and oxygen atoms in total. The van der Waals surface area contributed by atoms with E-state index in [9.17, 15) is 0 Å². The molecule has 0 amide bonds. The highest BCUT2D eigenvalue weighted by Crippen LogP contribution is 2.30. The van der Waals surface area contributed by atoms with E-state index >= 15 is 0 Å². The van der Waals surface area contributed by atoms with Gasteiger partial charge in [0.2, 0.25) is 0 Å². The monoisotopic (exact) mass is 455 g/mol. The van der Waals surface area contributed by atoms with Crippen molar-refractivity contribution in [3.8, 4) is 0 Å². The summed E-state index contributed by atoms with van der Waals surface area (Å²) in [7, 11) is 0. The molecule has 1 fully saturated rings. The highest BCUT2D eigenvalue weighted by atomic mass is 79.9. The van der Waals surface area contributed by atoms with Crippen molar-refractivity contribution in [3.63, 3.8) is 0 Å². The number of ether oxygens (including phenoxy) is 1. The summed E-state index contributed by atoms with van der Waals surface area (Å²) in [6.45, 7) is 7.87. The molecule has 1 aromatic heterocycles. The van der Waals surface area contributed by atoms with Crippen LogP contribution in [0.5, 0.6) is 0 Å². The Bertz CT molecular complexity index is 914. The van der Waals surface area contributed by atoms with Gasteiger partial charge in [0, 0.05) is 30.1 Å². The molecule has 1 aliphatic heterocycles. The number of likely N-dealkylation sites (tertiary alicyclic amines) is 1. The normalized spacial score (nSPS) is 15.9. The van der Waals surface area contributed by atoms with Crippen molar-refractivity contribution in [2.75, 3.05) is 32.8 Å². The Labute approximate surface area is 182 Å². The molecule has 0 spiro atoms. The molecule has 0 bridgehead atoms. The minimum Gasteiger partial charge on any atom is -0.380 e. The first kappa shape index (κ1) is 20.6. The van der Waals surface area contributed by atoms with E-state index in [-0.39, 0.29) is 0 Å². The summed E-state index contributed by atoms with van der Waals surface area (Å²) in [4.78, 5) is 7.63. The van der Waals surface area contributed by atoms with Gasteiger partial charge in [-0.2, -0.15) is 0 Å². The van der Waals surface area contributed by atoms with Crippen LogP contribution in [0.2, 0.25) is 0 Å². The number of aromatic nitrogens is 2. The first-order chi connectivity index (χ1) is 14.2. The van der Waals surface area contributed by atoms with Crippen LogP contribution in [0.4, 0.5) is 0 Å². The molecule has 154 valence electrons. The first-order valence-corrected chi connectivity index (χ1v) is 11.5. The van der Waals surface area contributed by atoms with E-state index in [1.807, 2.05) is 0 Å². The fourth-order valence-electron chi connectivity index (χ4n) is 4.29. The molecule has 1 saturated heterocycles. The fourth-order valence-corrected chi connectivity index (χ4v) is 4.56. The van der Waals surface area contributed by atoms with E-state index < -0.39 is 0 Å². The lowest BCUT2D eigenvalue weighted by Crippen LogP contribution is -2.35. The van der Waals surface area contributed by atoms with Gasteiger partial charge in [-0.1, -0.05) is 40.2 Å². The van der Waals surface area contributed by atoms with Crippen LogP contribution >= 0.6 is 15.9 Å². The minimum atomic E-state index is 0.535. The number of fused-ring (bicyclic) bond motifs is 1. The topological polar surface area (TPSA) is 30.3 Å². The predicted octanol–water partition coefficient (Wildman–Crippen LogP) is 5.26. The highest BCUT2D eigenvalue weighted by Gasteiger charge is 2.25. The summed E-state index contributed by atoms with van der Waals surface area (Å²) in [6, 6.07) is 17.2. The lowest BCUT2D eigenvalue weighted by Gasteiger charge is -2.32. The van der Waals surface area contributed by atoms with Gasteiger partial charge in [-0.25, -0.2) is 4.98 Å². The number of rotatable bonds is 8. The molecule has 3 aromatic rings. The van der Waals surface area contributed by atoms with Crippen LogP contribution in [0.15, 0.2) is 53.0 Å². The fraction of sp³-hybridized carbons (Fsp3) is 0.458. The van der Waals surface area contributed by atoms with Gasteiger partial charge in [0.05, 0.1) is 17.6 Å². The molecule has 0 N–H and O–H groups in total. The van der Waals surface area contributed by atoms with Crippen LogP contribution in [0, 0.1) is 0 Å². The van der Waals surface area contributed by atoms with E-state index in [4.69, 9.17) is 9.72 Å². The zero-order chi connectivity index (χ0) is 20.1. The van der Waals surface area contributed by atoms with Crippen LogP contribution in [-0.4, -0.2) is 47.3 Å². The molecule has 0 aliphatic carbocycles. The van der Waals surface area contributed by atoms with Crippen molar-refractivity contribution in [1.29, 1.82) is 0 Å². The van der Waals surface area contributed by atoms with Crippen molar-refractivity contribution < 1.29 is 4.74 Å². The van der Waals surface area contributed by atoms with E-state index in [0.29, 0.717) is 5.92 Å². The number of para-hydroxylation sites is 2. The highest BCUT2D eigenvalue weighted by molar-refractivity contribution is 9.10. The number of hydrogen-bond acceptors (Lipinski definition) is 3. The third-order valence-electron chi connectivity index (χ3n) is 5.93. The van der Waals surface area contributed by atoms with Gasteiger partial charge in [-0.3, -0.25) is 0 Å². The average Bonchev–Trinajstić information content (AvgIpc) is 3.13. The smallest absolute Gasteiger partial charge is 0.113 e. The van der Waals surface area contributed by atoms with E-state index in [0.717, 1.165) is 55.8 Å². The van der Waals surface area contributed by atoms with Gasteiger partial charge in [-0.05, 0) is 69.1 Å². The number of hydrogen-bond donors (Lipinski definition) is 0. The van der Waals surface area contributed by atoms with Crippen molar-refractivity contribution in [2.24, 2.45) is 0 Å². The molecule has 0 radical (unpaired) electrons. The Morgan fingerprint density at radius 1 is 1.03 bits per heavy atom. The maximum Gasteiger partial charge on any atom is 0.113 e. The molecule has 29 heavy (non-hydrogen) atoms. The second kappa shape index (κ2) is 9.88. The zero-order valence-electron chi connectivity index (χ0n) is 17.2. The lowest BCUT2D eigenvalue weighted by atomic mass is 9.95. The predicted molar refractivity (Wildman–Crippen MR) is 122 cm³/mol. The molecule has 0 atom stereocenters. The maximum absolute atomic E-state index is 5.64. The van der Waals surface area contributed by atoms with Crippen molar-refractivity contribution in [3.05, 3.63) is 64.4 Å². The first-order valence-electron chi connectivity index (χ1n) is 10.7. The Morgan fingerprint density at radius 2 is 1.79 bits per heavy atom. The third-order valence-corrected chi connectivity index (χ3v) is 6.46. The van der Waals surface area contributed by atoms with Crippen LogP contribution in [-0.2, 0) is 17.7 Å². The molecule has 1 aliphatic rings. The Balaban J connectivity index is 1.39. The molecule has 0 unspecified atom stereocenters. The summed E-state index contributed by atoms with van der Waals surface area (Å²) in [6.07, 6.45) is 3.47. The Kier molecular flexibility index (Phi) is 7.01. The maximum atomic E-state index is 5.64. The third kappa shape index (κ3) is 5.08. The van der Waals surface area contributed by atoms with E-state index in [1.54, 1.807) is 0 Å². The van der Waals surface area contributed by atoms with Crippen molar-refractivity contribution in [2.45, 2.75) is 38.6 Å². The van der Waals surface area contributed by atoms with Gasteiger partial charge in [-0.15, -0.1) is 0 Å². The number of halogens is 1. The van der Waals surface area contributed by atoms with Crippen molar-refractivity contribution in [1.82, 2.24) is 14.5 Å². The molecule has 0 saturated carbocycles. The minimum absolute atomic E-state index is 0.535. The summed E-state index contributed by atoms with van der Waals surface area (Å²) < 4.78 is 9.18. The largest absolute Gasteiger partial charge is 0.380 e. The van der Waals surface area contributed by atoms with Crippen LogP contribution in [0.1, 0.15) is 37.1 Å². The molecule has 5 heteroatoms. The number of benzene rings is 2. The van der Waals surface area contributed by atoms with Crippen LogP contribution in [0.25, 0.3) is 11.0 Å². The number of piperidine rings is 1. The number of imidazole rings is 1. The van der Waals surface area contributed by atoms with Crippen LogP contribution < -0.4 is 0 Å². The Hall–Kier alpha value is -1.69. The van der Waals surface area contributed by atoms with Gasteiger partial charge in [0.15, 0.2) is 0 Å². The van der Waals surface area contributed by atoms with E-state index in [1.165, 1.54) is 29.7 Å².